The van der Waals surface area contributed by atoms with Gasteiger partial charge in [0.05, 0.1) is 0 Å². The van der Waals surface area contributed by atoms with Crippen LogP contribution in [-0.4, -0.2) is 23.1 Å². The molecule has 0 saturated heterocycles. The largest absolute Gasteiger partial charge is 0.371 e. The third-order valence-electron chi connectivity index (χ3n) is 2.61. The van der Waals surface area contributed by atoms with E-state index in [1.165, 1.54) is 0 Å². The summed E-state index contributed by atoms with van der Waals surface area (Å²) < 4.78 is 5.69. The number of rotatable bonds is 9. The molecule has 0 amide bonds. The first kappa shape index (κ1) is 14.2. The standard InChI is InChI=1S/C13H25N3O/c1-4-7-12(17-6-3)13-15-10-11(16-13)9-14-8-5-2/h10,12,14H,4-9H2,1-3H3,(H,15,16). The Morgan fingerprint density at radius 2 is 2.18 bits per heavy atom. The van der Waals surface area contributed by atoms with Crippen LogP contribution in [0.1, 0.15) is 57.7 Å². The summed E-state index contributed by atoms with van der Waals surface area (Å²) >= 11 is 0. The van der Waals surface area contributed by atoms with Gasteiger partial charge < -0.3 is 15.0 Å². The van der Waals surface area contributed by atoms with E-state index in [1.54, 1.807) is 0 Å². The van der Waals surface area contributed by atoms with Crippen molar-refractivity contribution >= 4 is 0 Å². The van der Waals surface area contributed by atoms with Crippen LogP contribution in [0.2, 0.25) is 0 Å². The highest BCUT2D eigenvalue weighted by Crippen LogP contribution is 2.19. The first-order chi connectivity index (χ1) is 8.31. The summed E-state index contributed by atoms with van der Waals surface area (Å²) in [5, 5.41) is 3.36. The fourth-order valence-electron chi connectivity index (χ4n) is 1.79. The molecule has 4 nitrogen and oxygen atoms in total. The molecular weight excluding hydrogens is 214 g/mol. The van der Waals surface area contributed by atoms with Crippen LogP contribution in [0.5, 0.6) is 0 Å². The molecule has 1 unspecified atom stereocenters. The molecule has 0 aliphatic heterocycles. The van der Waals surface area contributed by atoms with Crippen molar-refractivity contribution in [3.8, 4) is 0 Å². The van der Waals surface area contributed by atoms with Crippen molar-refractivity contribution in [2.24, 2.45) is 0 Å². The first-order valence-corrected chi connectivity index (χ1v) is 6.67. The van der Waals surface area contributed by atoms with Gasteiger partial charge in [0.25, 0.3) is 0 Å². The molecule has 1 rings (SSSR count). The maximum absolute atomic E-state index is 5.69. The van der Waals surface area contributed by atoms with Crippen LogP contribution in [0.15, 0.2) is 6.20 Å². The SMILES string of the molecule is CCCNCc1cnc(C(CCC)OCC)[nH]1. The van der Waals surface area contributed by atoms with Crippen molar-refractivity contribution in [3.05, 3.63) is 17.7 Å². The number of ether oxygens (including phenoxy) is 1. The summed E-state index contributed by atoms with van der Waals surface area (Å²) in [4.78, 5) is 7.76. The molecule has 0 aliphatic rings. The zero-order chi connectivity index (χ0) is 12.5. The number of aromatic nitrogens is 2. The lowest BCUT2D eigenvalue weighted by molar-refractivity contribution is 0.0499. The zero-order valence-corrected chi connectivity index (χ0v) is 11.3. The highest BCUT2D eigenvalue weighted by atomic mass is 16.5. The molecule has 0 bridgehead atoms. The second-order valence-electron chi connectivity index (χ2n) is 4.20. The number of hydrogen-bond acceptors (Lipinski definition) is 3. The van der Waals surface area contributed by atoms with Gasteiger partial charge in [-0.1, -0.05) is 20.3 Å². The van der Waals surface area contributed by atoms with Gasteiger partial charge in [-0.05, 0) is 26.3 Å². The molecule has 1 heterocycles. The van der Waals surface area contributed by atoms with Crippen LogP contribution in [0.4, 0.5) is 0 Å². The van der Waals surface area contributed by atoms with Gasteiger partial charge in [-0.25, -0.2) is 4.98 Å². The summed E-state index contributed by atoms with van der Waals surface area (Å²) in [5.41, 5.74) is 1.13. The highest BCUT2D eigenvalue weighted by molar-refractivity contribution is 5.03. The second-order valence-corrected chi connectivity index (χ2v) is 4.20. The third-order valence-corrected chi connectivity index (χ3v) is 2.61. The molecule has 0 aliphatic carbocycles. The molecule has 0 aromatic carbocycles. The third kappa shape index (κ3) is 4.88. The van der Waals surface area contributed by atoms with E-state index >= 15 is 0 Å². The van der Waals surface area contributed by atoms with Crippen LogP contribution >= 0.6 is 0 Å². The number of aromatic amines is 1. The second kappa shape index (κ2) is 8.25. The summed E-state index contributed by atoms with van der Waals surface area (Å²) in [6.07, 6.45) is 5.29. The van der Waals surface area contributed by atoms with E-state index in [1.807, 2.05) is 13.1 Å². The molecule has 1 aromatic heterocycles. The predicted octanol–water partition coefficient (Wildman–Crippen LogP) is 2.79. The minimum Gasteiger partial charge on any atom is -0.371 e. The maximum Gasteiger partial charge on any atom is 0.135 e. The van der Waals surface area contributed by atoms with Crippen molar-refractivity contribution < 1.29 is 4.74 Å². The van der Waals surface area contributed by atoms with Gasteiger partial charge in [-0.2, -0.15) is 0 Å². The molecule has 1 atom stereocenters. The topological polar surface area (TPSA) is 49.9 Å². The molecule has 0 fully saturated rings. The van der Waals surface area contributed by atoms with Crippen molar-refractivity contribution in [1.29, 1.82) is 0 Å². The molecular formula is C13H25N3O. The average molecular weight is 239 g/mol. The van der Waals surface area contributed by atoms with Crippen LogP contribution in [0.3, 0.4) is 0 Å². The number of nitrogens with zero attached hydrogens (tertiary/aromatic N) is 1. The molecule has 1 aromatic rings. The van der Waals surface area contributed by atoms with E-state index in [-0.39, 0.29) is 6.10 Å². The Balaban J connectivity index is 2.51. The fraction of sp³-hybridized carbons (Fsp3) is 0.769. The van der Waals surface area contributed by atoms with Crippen LogP contribution in [0.25, 0.3) is 0 Å². The molecule has 4 heteroatoms. The Kier molecular flexibility index (Phi) is 6.89. The summed E-state index contributed by atoms with van der Waals surface area (Å²) in [6.45, 7) is 8.98. The Morgan fingerprint density at radius 3 is 2.82 bits per heavy atom. The summed E-state index contributed by atoms with van der Waals surface area (Å²) in [7, 11) is 0. The van der Waals surface area contributed by atoms with E-state index < -0.39 is 0 Å². The first-order valence-electron chi connectivity index (χ1n) is 6.67. The Hall–Kier alpha value is -0.870. The molecule has 98 valence electrons. The van der Waals surface area contributed by atoms with Crippen LogP contribution < -0.4 is 5.32 Å². The number of hydrogen-bond donors (Lipinski definition) is 2. The molecule has 17 heavy (non-hydrogen) atoms. The predicted molar refractivity (Wildman–Crippen MR) is 69.9 cm³/mol. The van der Waals surface area contributed by atoms with E-state index in [0.29, 0.717) is 0 Å². The Labute approximate surface area is 104 Å². The fourth-order valence-corrected chi connectivity index (χ4v) is 1.79. The average Bonchev–Trinajstić information content (AvgIpc) is 2.78. The summed E-state index contributed by atoms with van der Waals surface area (Å²) in [5.74, 6) is 0.960. The Bertz CT molecular complexity index is 293. The van der Waals surface area contributed by atoms with Gasteiger partial charge in [-0.3, -0.25) is 0 Å². The smallest absolute Gasteiger partial charge is 0.135 e. The van der Waals surface area contributed by atoms with Gasteiger partial charge >= 0.3 is 0 Å². The van der Waals surface area contributed by atoms with E-state index in [9.17, 15) is 0 Å². The van der Waals surface area contributed by atoms with Crippen molar-refractivity contribution in [2.75, 3.05) is 13.2 Å². The van der Waals surface area contributed by atoms with Gasteiger partial charge in [-0.15, -0.1) is 0 Å². The monoisotopic (exact) mass is 239 g/mol. The van der Waals surface area contributed by atoms with Gasteiger partial charge in [0, 0.05) is 25.0 Å². The van der Waals surface area contributed by atoms with E-state index in [0.717, 1.165) is 50.5 Å². The molecule has 0 saturated carbocycles. The molecule has 0 spiro atoms. The lowest BCUT2D eigenvalue weighted by Crippen LogP contribution is -2.14. The minimum atomic E-state index is 0.116. The van der Waals surface area contributed by atoms with E-state index in [4.69, 9.17) is 4.74 Å². The Morgan fingerprint density at radius 1 is 1.35 bits per heavy atom. The van der Waals surface area contributed by atoms with Crippen LogP contribution in [-0.2, 0) is 11.3 Å². The van der Waals surface area contributed by atoms with E-state index in [2.05, 4.69) is 29.1 Å². The number of nitrogens with one attached hydrogen (secondary N) is 2. The zero-order valence-electron chi connectivity index (χ0n) is 11.3. The normalized spacial score (nSPS) is 12.9. The lowest BCUT2D eigenvalue weighted by Gasteiger charge is -2.13. The molecule has 2 N–H and O–H groups in total. The quantitative estimate of drug-likeness (QED) is 0.651. The van der Waals surface area contributed by atoms with Gasteiger partial charge in [0.1, 0.15) is 11.9 Å². The van der Waals surface area contributed by atoms with Crippen molar-refractivity contribution in [2.45, 2.75) is 52.7 Å². The van der Waals surface area contributed by atoms with Crippen molar-refractivity contribution in [3.63, 3.8) is 0 Å². The minimum absolute atomic E-state index is 0.116. The highest BCUT2D eigenvalue weighted by Gasteiger charge is 2.13. The van der Waals surface area contributed by atoms with Gasteiger partial charge in [0.15, 0.2) is 0 Å². The maximum atomic E-state index is 5.69. The van der Waals surface area contributed by atoms with Crippen molar-refractivity contribution in [1.82, 2.24) is 15.3 Å². The number of imidazole rings is 1. The number of H-pyrrole nitrogens is 1. The van der Waals surface area contributed by atoms with Crippen LogP contribution in [0, 0.1) is 0 Å². The molecule has 0 radical (unpaired) electrons. The van der Waals surface area contributed by atoms with Gasteiger partial charge in [0.2, 0.25) is 0 Å². The summed E-state index contributed by atoms with van der Waals surface area (Å²) in [6, 6.07) is 0. The lowest BCUT2D eigenvalue weighted by atomic mass is 10.2.